The highest BCUT2D eigenvalue weighted by Gasteiger charge is 2.23. The third-order valence-electron chi connectivity index (χ3n) is 3.23. The minimum absolute atomic E-state index is 0.0113. The zero-order valence-corrected chi connectivity index (χ0v) is 14.0. The van der Waals surface area contributed by atoms with Gasteiger partial charge in [0.25, 0.3) is 5.91 Å². The summed E-state index contributed by atoms with van der Waals surface area (Å²) in [7, 11) is 0. The summed E-state index contributed by atoms with van der Waals surface area (Å²) in [6.45, 7) is 3.68. The van der Waals surface area contributed by atoms with Crippen LogP contribution in [0.5, 0.6) is 0 Å². The van der Waals surface area contributed by atoms with E-state index in [1.165, 1.54) is 11.3 Å². The van der Waals surface area contributed by atoms with E-state index < -0.39 is 0 Å². The largest absolute Gasteiger partial charge is 0.381 e. The van der Waals surface area contributed by atoms with Crippen LogP contribution in [0.4, 0.5) is 0 Å². The number of ether oxygens (including phenoxy) is 1. The summed E-state index contributed by atoms with van der Waals surface area (Å²) in [6.07, 6.45) is 2.05. The van der Waals surface area contributed by atoms with Gasteiger partial charge in [-0.1, -0.05) is 0 Å². The van der Waals surface area contributed by atoms with Gasteiger partial charge in [0.15, 0.2) is 0 Å². The molecule has 0 saturated carbocycles. The van der Waals surface area contributed by atoms with Gasteiger partial charge in [-0.05, 0) is 63.6 Å². The van der Waals surface area contributed by atoms with Crippen molar-refractivity contribution < 1.29 is 9.53 Å². The van der Waals surface area contributed by atoms with Crippen molar-refractivity contribution in [3.63, 3.8) is 0 Å². The maximum Gasteiger partial charge on any atom is 0.253 e. The average molecular weight is 397 g/mol. The standard InChI is InChI=1S/C12H15Br2NO2S/c1-7(8-2-4-17-5-3-8)15-12(16)9-6-10(13)18-11(9)14/h6-8H,2-5H2,1H3,(H,15,16). The third-order valence-corrected chi connectivity index (χ3v) is 5.57. The molecule has 2 rings (SSSR count). The van der Waals surface area contributed by atoms with Crippen LogP contribution in [0.3, 0.4) is 0 Å². The maximum absolute atomic E-state index is 12.1. The monoisotopic (exact) mass is 395 g/mol. The summed E-state index contributed by atoms with van der Waals surface area (Å²) in [6, 6.07) is 2.04. The van der Waals surface area contributed by atoms with E-state index >= 15 is 0 Å². The molecule has 3 nitrogen and oxygen atoms in total. The van der Waals surface area contributed by atoms with Crippen molar-refractivity contribution >= 4 is 49.1 Å². The molecule has 0 spiro atoms. The number of hydrogen-bond donors (Lipinski definition) is 1. The van der Waals surface area contributed by atoms with Crippen LogP contribution >= 0.6 is 43.2 Å². The van der Waals surface area contributed by atoms with Crippen LogP contribution in [-0.4, -0.2) is 25.2 Å². The molecule has 1 fully saturated rings. The van der Waals surface area contributed by atoms with Crippen LogP contribution in [0.1, 0.15) is 30.1 Å². The number of rotatable bonds is 3. The Morgan fingerprint density at radius 3 is 2.72 bits per heavy atom. The highest BCUT2D eigenvalue weighted by Crippen LogP contribution is 2.32. The first-order chi connectivity index (χ1) is 8.58. The normalized spacial score (nSPS) is 18.6. The number of thiophene rings is 1. The first kappa shape index (κ1) is 14.5. The van der Waals surface area contributed by atoms with Crippen LogP contribution in [0.2, 0.25) is 0 Å². The van der Waals surface area contributed by atoms with Gasteiger partial charge in [0, 0.05) is 19.3 Å². The topological polar surface area (TPSA) is 38.3 Å². The van der Waals surface area contributed by atoms with E-state index in [0.717, 1.165) is 33.6 Å². The molecule has 1 aromatic heterocycles. The van der Waals surface area contributed by atoms with Gasteiger partial charge < -0.3 is 10.1 Å². The van der Waals surface area contributed by atoms with Gasteiger partial charge in [-0.2, -0.15) is 0 Å². The fourth-order valence-corrected chi connectivity index (χ4v) is 4.91. The van der Waals surface area contributed by atoms with E-state index in [1.54, 1.807) is 0 Å². The Bertz CT molecular complexity index is 430. The molecular weight excluding hydrogens is 382 g/mol. The van der Waals surface area contributed by atoms with Crippen LogP contribution < -0.4 is 5.32 Å². The molecule has 100 valence electrons. The van der Waals surface area contributed by atoms with Gasteiger partial charge in [0.2, 0.25) is 0 Å². The molecule has 1 aliphatic rings. The van der Waals surface area contributed by atoms with Crippen LogP contribution in [0.25, 0.3) is 0 Å². The lowest BCUT2D eigenvalue weighted by Crippen LogP contribution is -2.40. The van der Waals surface area contributed by atoms with E-state index in [9.17, 15) is 4.79 Å². The Hall–Kier alpha value is 0.0900. The number of amides is 1. The Balaban J connectivity index is 1.96. The summed E-state index contributed by atoms with van der Waals surface area (Å²) in [5, 5.41) is 3.08. The van der Waals surface area contributed by atoms with Crippen molar-refractivity contribution in [2.24, 2.45) is 5.92 Å². The third kappa shape index (κ3) is 3.56. The van der Waals surface area contributed by atoms with Crippen LogP contribution in [0, 0.1) is 5.92 Å². The summed E-state index contributed by atoms with van der Waals surface area (Å²) >= 11 is 8.31. The zero-order chi connectivity index (χ0) is 13.1. The van der Waals surface area contributed by atoms with E-state index in [0.29, 0.717) is 11.5 Å². The molecular formula is C12H15Br2NO2S. The molecule has 0 radical (unpaired) electrons. The summed E-state index contributed by atoms with van der Waals surface area (Å²) in [5.41, 5.74) is 0.700. The van der Waals surface area contributed by atoms with Gasteiger partial charge >= 0.3 is 0 Å². The van der Waals surface area contributed by atoms with Gasteiger partial charge in [-0.3, -0.25) is 4.79 Å². The molecule has 1 aromatic rings. The SMILES string of the molecule is CC(NC(=O)c1cc(Br)sc1Br)C1CCOCC1. The van der Waals surface area contributed by atoms with Gasteiger partial charge in [-0.25, -0.2) is 0 Å². The van der Waals surface area contributed by atoms with Crippen molar-refractivity contribution in [3.8, 4) is 0 Å². The Morgan fingerprint density at radius 1 is 1.50 bits per heavy atom. The Morgan fingerprint density at radius 2 is 2.17 bits per heavy atom. The van der Waals surface area contributed by atoms with Crippen molar-refractivity contribution in [1.82, 2.24) is 5.32 Å². The van der Waals surface area contributed by atoms with Gasteiger partial charge in [0.1, 0.15) is 0 Å². The lowest BCUT2D eigenvalue weighted by Gasteiger charge is -2.28. The number of halogens is 2. The fourth-order valence-electron chi connectivity index (χ4n) is 2.11. The molecule has 1 aliphatic heterocycles. The molecule has 1 atom stereocenters. The fraction of sp³-hybridized carbons (Fsp3) is 0.583. The second-order valence-corrected chi connectivity index (χ2v) is 8.20. The molecule has 0 aromatic carbocycles. The van der Waals surface area contributed by atoms with Crippen molar-refractivity contribution in [3.05, 3.63) is 19.2 Å². The molecule has 2 heterocycles. The first-order valence-electron chi connectivity index (χ1n) is 5.91. The van der Waals surface area contributed by atoms with E-state index in [1.807, 2.05) is 6.07 Å². The molecule has 18 heavy (non-hydrogen) atoms. The molecule has 1 N–H and O–H groups in total. The first-order valence-corrected chi connectivity index (χ1v) is 8.31. The van der Waals surface area contributed by atoms with E-state index in [4.69, 9.17) is 4.74 Å². The van der Waals surface area contributed by atoms with E-state index in [-0.39, 0.29) is 11.9 Å². The van der Waals surface area contributed by atoms with Gasteiger partial charge in [-0.15, -0.1) is 11.3 Å². The Labute approximate surface area is 128 Å². The quantitative estimate of drug-likeness (QED) is 0.843. The number of hydrogen-bond acceptors (Lipinski definition) is 3. The number of carbonyl (C=O) groups is 1. The van der Waals surface area contributed by atoms with Crippen molar-refractivity contribution in [2.75, 3.05) is 13.2 Å². The maximum atomic E-state index is 12.1. The second kappa shape index (κ2) is 6.50. The van der Waals surface area contributed by atoms with Crippen molar-refractivity contribution in [2.45, 2.75) is 25.8 Å². The van der Waals surface area contributed by atoms with Gasteiger partial charge in [0.05, 0.1) is 13.1 Å². The summed E-state index contributed by atoms with van der Waals surface area (Å²) in [4.78, 5) is 12.1. The minimum atomic E-state index is -0.0113. The lowest BCUT2D eigenvalue weighted by molar-refractivity contribution is 0.0538. The minimum Gasteiger partial charge on any atom is -0.381 e. The average Bonchev–Trinajstić information content (AvgIpc) is 2.69. The van der Waals surface area contributed by atoms with Crippen LogP contribution in [0.15, 0.2) is 13.6 Å². The summed E-state index contributed by atoms with van der Waals surface area (Å²) < 4.78 is 7.16. The predicted molar refractivity (Wildman–Crippen MR) is 80.2 cm³/mol. The lowest BCUT2D eigenvalue weighted by atomic mass is 9.93. The molecule has 1 amide bonds. The molecule has 0 aliphatic carbocycles. The molecule has 1 unspecified atom stereocenters. The van der Waals surface area contributed by atoms with E-state index in [2.05, 4.69) is 44.1 Å². The Kier molecular flexibility index (Phi) is 5.24. The van der Waals surface area contributed by atoms with Crippen molar-refractivity contribution in [1.29, 1.82) is 0 Å². The second-order valence-electron chi connectivity index (χ2n) is 4.45. The predicted octanol–water partition coefficient (Wildman–Crippen LogP) is 3.82. The molecule has 6 heteroatoms. The zero-order valence-electron chi connectivity index (χ0n) is 10.0. The number of nitrogens with one attached hydrogen (secondary N) is 1. The smallest absolute Gasteiger partial charge is 0.253 e. The number of carbonyl (C=O) groups excluding carboxylic acids is 1. The highest BCUT2D eigenvalue weighted by atomic mass is 79.9. The highest BCUT2D eigenvalue weighted by molar-refractivity contribution is 9.12. The molecule has 0 bridgehead atoms. The summed E-state index contributed by atoms with van der Waals surface area (Å²) in [5.74, 6) is 0.506. The molecule has 1 saturated heterocycles. The van der Waals surface area contributed by atoms with Crippen LogP contribution in [-0.2, 0) is 4.74 Å².